The zero-order valence-electron chi connectivity index (χ0n) is 13.8. The first-order chi connectivity index (χ1) is 12.6. The number of amides is 1. The summed E-state index contributed by atoms with van der Waals surface area (Å²) in [6.07, 6.45) is -1.56. The number of ether oxygens (including phenoxy) is 2. The second-order valence-corrected chi connectivity index (χ2v) is 8.86. The van der Waals surface area contributed by atoms with Gasteiger partial charge in [0.25, 0.3) is 0 Å². The molecule has 0 fully saturated rings. The molecule has 1 atom stereocenters. The second-order valence-electron chi connectivity index (χ2n) is 4.93. The molecule has 14 heteroatoms. The van der Waals surface area contributed by atoms with Gasteiger partial charge in [-0.3, -0.25) is 0 Å². The van der Waals surface area contributed by atoms with Crippen LogP contribution in [0.5, 0.6) is 5.88 Å². The van der Waals surface area contributed by atoms with Gasteiger partial charge in [0.1, 0.15) is 17.3 Å². The topological polar surface area (TPSA) is 157 Å². The van der Waals surface area contributed by atoms with E-state index in [1.54, 1.807) is 5.32 Å². The molecule has 2 rings (SSSR count). The van der Waals surface area contributed by atoms with E-state index >= 15 is 0 Å². The Bertz CT molecular complexity index is 965. The predicted molar refractivity (Wildman–Crippen MR) is 103 cm³/mol. The summed E-state index contributed by atoms with van der Waals surface area (Å²) in [4.78, 5) is 27.2. The van der Waals surface area contributed by atoms with Gasteiger partial charge in [-0.05, 0) is 6.07 Å². The van der Waals surface area contributed by atoms with E-state index in [9.17, 15) is 18.0 Å². The molecule has 0 bridgehead atoms. The first kappa shape index (κ1) is 21.3. The van der Waals surface area contributed by atoms with Crippen LogP contribution in [0.25, 0.3) is 0 Å². The molecule has 1 aromatic heterocycles. The standard InChI is InChI=1S/C13H12ClIN4O7S/c1-25-7-4-3-6(14)8(17-7)9-13(15,11(20)26-2)10(19-18-9)27(23,24)5-16-12(21)22/h3-4,16H,5H2,1-2H3,(H,21,22). The number of rotatable bonds is 5. The minimum Gasteiger partial charge on any atom is -0.481 e. The molecule has 0 saturated carbocycles. The first-order valence-electron chi connectivity index (χ1n) is 6.92. The number of hydrogen-bond acceptors (Lipinski definition) is 9. The van der Waals surface area contributed by atoms with Gasteiger partial charge in [-0.25, -0.2) is 23.0 Å². The van der Waals surface area contributed by atoms with Crippen molar-refractivity contribution in [3.8, 4) is 5.88 Å². The van der Waals surface area contributed by atoms with Crippen LogP contribution in [0.15, 0.2) is 22.3 Å². The molecular weight excluding hydrogens is 519 g/mol. The maximum atomic E-state index is 12.5. The molecule has 0 radical (unpaired) electrons. The Hall–Kier alpha value is -2.00. The Kier molecular flexibility index (Phi) is 6.26. The van der Waals surface area contributed by atoms with Crippen LogP contribution in [0.3, 0.4) is 0 Å². The number of nitrogens with one attached hydrogen (secondary N) is 1. The third-order valence-corrected chi connectivity index (χ3v) is 6.92. The highest BCUT2D eigenvalue weighted by Crippen LogP contribution is 2.37. The van der Waals surface area contributed by atoms with E-state index in [-0.39, 0.29) is 22.3 Å². The summed E-state index contributed by atoms with van der Waals surface area (Å²) in [7, 11) is -1.94. The van der Waals surface area contributed by atoms with Crippen LogP contribution in [-0.2, 0) is 19.4 Å². The highest BCUT2D eigenvalue weighted by atomic mass is 127. The minimum atomic E-state index is -4.35. The van der Waals surface area contributed by atoms with Crippen molar-refractivity contribution < 1.29 is 32.6 Å². The van der Waals surface area contributed by atoms with Gasteiger partial charge >= 0.3 is 12.1 Å². The molecule has 1 aliphatic heterocycles. The molecule has 1 aliphatic rings. The highest BCUT2D eigenvalue weighted by molar-refractivity contribution is 14.1. The lowest BCUT2D eigenvalue weighted by atomic mass is 10.0. The van der Waals surface area contributed by atoms with Crippen molar-refractivity contribution in [2.45, 2.75) is 3.42 Å². The summed E-state index contributed by atoms with van der Waals surface area (Å²) in [5.74, 6) is -1.87. The molecule has 0 aromatic carbocycles. The number of carbonyl (C=O) groups excluding carboxylic acids is 1. The van der Waals surface area contributed by atoms with Crippen molar-refractivity contribution >= 4 is 66.8 Å². The van der Waals surface area contributed by atoms with Crippen molar-refractivity contribution in [3.63, 3.8) is 0 Å². The molecule has 27 heavy (non-hydrogen) atoms. The molecule has 2 N–H and O–H groups in total. The van der Waals surface area contributed by atoms with E-state index in [0.29, 0.717) is 0 Å². The zero-order valence-corrected chi connectivity index (χ0v) is 17.5. The van der Waals surface area contributed by atoms with Gasteiger partial charge in [-0.15, -0.1) is 10.2 Å². The molecular formula is C13H12ClIN4O7S. The van der Waals surface area contributed by atoms with Crippen molar-refractivity contribution in [3.05, 3.63) is 22.8 Å². The van der Waals surface area contributed by atoms with Crippen LogP contribution in [-0.4, -0.2) is 64.8 Å². The number of pyridine rings is 1. The molecule has 11 nitrogen and oxygen atoms in total. The number of hydrogen-bond donors (Lipinski definition) is 2. The van der Waals surface area contributed by atoms with Crippen LogP contribution in [0.1, 0.15) is 5.69 Å². The Morgan fingerprint density at radius 1 is 1.33 bits per heavy atom. The third kappa shape index (κ3) is 3.98. The number of methoxy groups -OCH3 is 2. The number of carbonyl (C=O) groups is 2. The molecule has 0 saturated heterocycles. The number of aromatic nitrogens is 1. The quantitative estimate of drug-likeness (QED) is 0.322. The smallest absolute Gasteiger partial charge is 0.405 e. The van der Waals surface area contributed by atoms with E-state index in [4.69, 9.17) is 26.2 Å². The van der Waals surface area contributed by atoms with E-state index in [1.165, 1.54) is 41.8 Å². The maximum Gasteiger partial charge on any atom is 0.405 e. The number of alkyl halides is 1. The number of halogens is 2. The van der Waals surface area contributed by atoms with Crippen molar-refractivity contribution in [1.29, 1.82) is 0 Å². The van der Waals surface area contributed by atoms with Crippen molar-refractivity contribution in [2.24, 2.45) is 10.2 Å². The molecule has 0 aliphatic carbocycles. The third-order valence-electron chi connectivity index (χ3n) is 3.29. The van der Waals surface area contributed by atoms with Gasteiger partial charge in [0, 0.05) is 6.07 Å². The summed E-state index contributed by atoms with van der Waals surface area (Å²) in [6.45, 7) is 0. The SMILES string of the molecule is COC(=O)C1(I)C(c2nc(OC)ccc2Cl)=NN=C1S(=O)(=O)CNC(=O)O. The average Bonchev–Trinajstić information content (AvgIpc) is 2.99. The minimum absolute atomic E-state index is 0.0315. The van der Waals surface area contributed by atoms with Crippen LogP contribution in [0, 0.1) is 0 Å². The zero-order chi connectivity index (χ0) is 20.4. The summed E-state index contributed by atoms with van der Waals surface area (Å²) in [5, 5.41) is 17.1. The predicted octanol–water partition coefficient (Wildman–Crippen LogP) is 0.847. The normalized spacial score (nSPS) is 19.1. The monoisotopic (exact) mass is 530 g/mol. The number of nitrogens with zero attached hydrogens (tertiary/aromatic N) is 3. The van der Waals surface area contributed by atoms with Crippen molar-refractivity contribution in [2.75, 3.05) is 20.1 Å². The van der Waals surface area contributed by atoms with Gasteiger partial charge in [0.2, 0.25) is 19.1 Å². The van der Waals surface area contributed by atoms with Gasteiger partial charge in [-0.2, -0.15) is 0 Å². The van der Waals surface area contributed by atoms with E-state index < -0.39 is 36.2 Å². The molecule has 2 heterocycles. The number of carboxylic acid groups (broad SMARTS) is 1. The molecule has 1 unspecified atom stereocenters. The fourth-order valence-corrected chi connectivity index (χ4v) is 5.19. The van der Waals surface area contributed by atoms with E-state index in [1.807, 2.05) is 0 Å². The lowest BCUT2D eigenvalue weighted by molar-refractivity contribution is -0.139. The first-order valence-corrected chi connectivity index (χ1v) is 10.0. The van der Waals surface area contributed by atoms with Gasteiger partial charge in [-0.1, -0.05) is 34.2 Å². The second kappa shape index (κ2) is 7.93. The highest BCUT2D eigenvalue weighted by Gasteiger charge is 2.57. The molecule has 146 valence electrons. The fourth-order valence-electron chi connectivity index (χ4n) is 2.08. The van der Waals surface area contributed by atoms with Crippen LogP contribution in [0.4, 0.5) is 4.79 Å². The Balaban J connectivity index is 2.58. The van der Waals surface area contributed by atoms with Crippen molar-refractivity contribution in [1.82, 2.24) is 10.3 Å². The summed E-state index contributed by atoms with van der Waals surface area (Å²) in [5.41, 5.74) is -0.219. The molecule has 0 spiro atoms. The molecule has 1 amide bonds. The van der Waals surface area contributed by atoms with Gasteiger partial charge in [0.15, 0.2) is 5.04 Å². The van der Waals surface area contributed by atoms with Gasteiger partial charge < -0.3 is 19.9 Å². The summed E-state index contributed by atoms with van der Waals surface area (Å²) in [6, 6.07) is 2.89. The lowest BCUT2D eigenvalue weighted by Crippen LogP contribution is -2.51. The number of sulfone groups is 1. The summed E-state index contributed by atoms with van der Waals surface area (Å²) < 4.78 is 32.8. The van der Waals surface area contributed by atoms with Gasteiger partial charge in [0.05, 0.1) is 19.2 Å². The Morgan fingerprint density at radius 2 is 2.00 bits per heavy atom. The van der Waals surface area contributed by atoms with Crippen LogP contribution in [0.2, 0.25) is 5.02 Å². The Morgan fingerprint density at radius 3 is 2.56 bits per heavy atom. The maximum absolute atomic E-state index is 12.5. The van der Waals surface area contributed by atoms with Crippen LogP contribution >= 0.6 is 34.2 Å². The summed E-state index contributed by atoms with van der Waals surface area (Å²) >= 11 is 7.64. The Labute approximate surface area is 171 Å². The largest absolute Gasteiger partial charge is 0.481 e. The fraction of sp³-hybridized carbons (Fsp3) is 0.308. The molecule has 1 aromatic rings. The average molecular weight is 531 g/mol. The van der Waals surface area contributed by atoms with E-state index in [0.717, 1.165) is 7.11 Å². The lowest BCUT2D eigenvalue weighted by Gasteiger charge is -2.23. The van der Waals surface area contributed by atoms with Crippen LogP contribution < -0.4 is 10.1 Å². The number of esters is 1. The van der Waals surface area contributed by atoms with E-state index in [2.05, 4.69) is 15.2 Å².